The molecule has 0 saturated carbocycles. The lowest BCUT2D eigenvalue weighted by molar-refractivity contribution is 0.460. The molecule has 3 nitrogen and oxygen atoms in total. The van der Waals surface area contributed by atoms with Crippen molar-refractivity contribution < 1.29 is 0 Å². The number of guanidine groups is 1. The standard InChI is InChI=1S/C17H29N3/c1-5-7-13-20(4)17(18-3)19-14-15(6-2)16-11-9-8-10-12-16/h8-12,15H,5-7,13-14H2,1-4H3,(H,18,19). The van der Waals surface area contributed by atoms with Crippen LogP contribution < -0.4 is 5.32 Å². The van der Waals surface area contributed by atoms with Crippen LogP contribution in [-0.4, -0.2) is 38.0 Å². The topological polar surface area (TPSA) is 27.6 Å². The fraction of sp³-hybridized carbons (Fsp3) is 0.588. The van der Waals surface area contributed by atoms with Gasteiger partial charge in [0.15, 0.2) is 5.96 Å². The summed E-state index contributed by atoms with van der Waals surface area (Å²) in [6.07, 6.45) is 3.54. The molecule has 1 rings (SSSR count). The van der Waals surface area contributed by atoms with Crippen molar-refractivity contribution in [2.75, 3.05) is 27.2 Å². The van der Waals surface area contributed by atoms with Gasteiger partial charge in [0.1, 0.15) is 0 Å². The summed E-state index contributed by atoms with van der Waals surface area (Å²) < 4.78 is 0. The lowest BCUT2D eigenvalue weighted by atomic mass is 9.97. The van der Waals surface area contributed by atoms with Crippen molar-refractivity contribution in [3.63, 3.8) is 0 Å². The number of hydrogen-bond donors (Lipinski definition) is 1. The first-order chi connectivity index (χ1) is 9.72. The predicted octanol–water partition coefficient (Wildman–Crippen LogP) is 3.49. The first kappa shape index (κ1) is 16.5. The lowest BCUT2D eigenvalue weighted by Crippen LogP contribution is -2.41. The van der Waals surface area contributed by atoms with Gasteiger partial charge in [0.05, 0.1) is 0 Å². The van der Waals surface area contributed by atoms with E-state index in [0.29, 0.717) is 5.92 Å². The van der Waals surface area contributed by atoms with Gasteiger partial charge in [-0.1, -0.05) is 50.6 Å². The molecule has 0 fully saturated rings. The fourth-order valence-corrected chi connectivity index (χ4v) is 2.32. The second kappa shape index (κ2) is 9.40. The molecule has 0 bridgehead atoms. The van der Waals surface area contributed by atoms with E-state index in [2.05, 4.69) is 66.4 Å². The van der Waals surface area contributed by atoms with Crippen molar-refractivity contribution in [1.82, 2.24) is 10.2 Å². The Morgan fingerprint density at radius 1 is 1.25 bits per heavy atom. The van der Waals surface area contributed by atoms with Gasteiger partial charge in [0, 0.05) is 33.1 Å². The van der Waals surface area contributed by atoms with Crippen LogP contribution in [0.4, 0.5) is 0 Å². The minimum absolute atomic E-state index is 0.535. The molecule has 20 heavy (non-hydrogen) atoms. The molecule has 0 aromatic heterocycles. The Morgan fingerprint density at radius 3 is 2.50 bits per heavy atom. The summed E-state index contributed by atoms with van der Waals surface area (Å²) in [4.78, 5) is 6.58. The highest BCUT2D eigenvalue weighted by Gasteiger charge is 2.11. The Morgan fingerprint density at radius 2 is 1.95 bits per heavy atom. The number of unbranched alkanes of at least 4 members (excludes halogenated alkanes) is 1. The summed E-state index contributed by atoms with van der Waals surface area (Å²) in [6.45, 7) is 6.44. The first-order valence-corrected chi connectivity index (χ1v) is 7.69. The zero-order valence-corrected chi connectivity index (χ0v) is 13.4. The quantitative estimate of drug-likeness (QED) is 0.609. The maximum atomic E-state index is 4.37. The predicted molar refractivity (Wildman–Crippen MR) is 88.4 cm³/mol. The van der Waals surface area contributed by atoms with E-state index in [0.717, 1.165) is 25.5 Å². The third-order valence-electron chi connectivity index (χ3n) is 3.69. The smallest absolute Gasteiger partial charge is 0.193 e. The van der Waals surface area contributed by atoms with Crippen LogP contribution in [0.15, 0.2) is 35.3 Å². The van der Waals surface area contributed by atoms with E-state index in [9.17, 15) is 0 Å². The minimum atomic E-state index is 0.535. The number of rotatable bonds is 7. The van der Waals surface area contributed by atoms with Crippen molar-refractivity contribution in [1.29, 1.82) is 0 Å². The molecule has 0 aliphatic carbocycles. The minimum Gasteiger partial charge on any atom is -0.356 e. The summed E-state index contributed by atoms with van der Waals surface area (Å²) in [7, 11) is 3.96. The highest BCUT2D eigenvalue weighted by Crippen LogP contribution is 2.17. The molecular formula is C17H29N3. The summed E-state index contributed by atoms with van der Waals surface area (Å²) in [5, 5.41) is 3.50. The monoisotopic (exact) mass is 275 g/mol. The number of aliphatic imine (C=N–C) groups is 1. The van der Waals surface area contributed by atoms with Crippen molar-refractivity contribution in [3.05, 3.63) is 35.9 Å². The van der Waals surface area contributed by atoms with E-state index in [4.69, 9.17) is 0 Å². The average Bonchev–Trinajstić information content (AvgIpc) is 2.50. The van der Waals surface area contributed by atoms with Gasteiger partial charge in [-0.15, -0.1) is 0 Å². The molecule has 1 atom stereocenters. The highest BCUT2D eigenvalue weighted by atomic mass is 15.3. The summed E-state index contributed by atoms with van der Waals surface area (Å²) in [5.41, 5.74) is 1.40. The highest BCUT2D eigenvalue weighted by molar-refractivity contribution is 5.79. The first-order valence-electron chi connectivity index (χ1n) is 7.69. The van der Waals surface area contributed by atoms with Crippen LogP contribution in [-0.2, 0) is 0 Å². The van der Waals surface area contributed by atoms with Crippen molar-refractivity contribution in [2.24, 2.45) is 4.99 Å². The summed E-state index contributed by atoms with van der Waals surface area (Å²) >= 11 is 0. The van der Waals surface area contributed by atoms with Gasteiger partial charge in [-0.2, -0.15) is 0 Å². The van der Waals surface area contributed by atoms with E-state index in [1.807, 2.05) is 7.05 Å². The van der Waals surface area contributed by atoms with Crippen LogP contribution in [0.3, 0.4) is 0 Å². The molecule has 1 aromatic carbocycles. The molecule has 0 aliphatic heterocycles. The van der Waals surface area contributed by atoms with Gasteiger partial charge < -0.3 is 10.2 Å². The molecule has 0 amide bonds. The van der Waals surface area contributed by atoms with Gasteiger partial charge >= 0.3 is 0 Å². The van der Waals surface area contributed by atoms with Gasteiger partial charge in [-0.3, -0.25) is 4.99 Å². The zero-order chi connectivity index (χ0) is 14.8. The maximum absolute atomic E-state index is 4.37. The third kappa shape index (κ3) is 5.24. The van der Waals surface area contributed by atoms with Crippen molar-refractivity contribution >= 4 is 5.96 Å². The molecule has 3 heteroatoms. The third-order valence-corrected chi connectivity index (χ3v) is 3.69. The Kier molecular flexibility index (Phi) is 7.78. The van der Waals surface area contributed by atoms with Gasteiger partial charge in [-0.05, 0) is 18.4 Å². The Hall–Kier alpha value is -1.51. The van der Waals surface area contributed by atoms with Crippen LogP contribution in [0.5, 0.6) is 0 Å². The van der Waals surface area contributed by atoms with E-state index in [-0.39, 0.29) is 0 Å². The second-order valence-electron chi connectivity index (χ2n) is 5.22. The molecule has 112 valence electrons. The van der Waals surface area contributed by atoms with E-state index >= 15 is 0 Å². The van der Waals surface area contributed by atoms with Crippen LogP contribution in [0.2, 0.25) is 0 Å². The van der Waals surface area contributed by atoms with Gasteiger partial charge in [0.25, 0.3) is 0 Å². The number of nitrogens with zero attached hydrogens (tertiary/aromatic N) is 2. The molecule has 1 aromatic rings. The molecule has 0 aliphatic rings. The maximum Gasteiger partial charge on any atom is 0.193 e. The molecule has 0 spiro atoms. The summed E-state index contributed by atoms with van der Waals surface area (Å²) in [6, 6.07) is 10.7. The molecule has 1 unspecified atom stereocenters. The molecule has 0 heterocycles. The van der Waals surface area contributed by atoms with Crippen LogP contribution >= 0.6 is 0 Å². The lowest BCUT2D eigenvalue weighted by Gasteiger charge is -2.24. The molecule has 0 radical (unpaired) electrons. The van der Waals surface area contributed by atoms with Crippen LogP contribution in [0.1, 0.15) is 44.6 Å². The number of benzene rings is 1. The van der Waals surface area contributed by atoms with Crippen LogP contribution in [0, 0.1) is 0 Å². The van der Waals surface area contributed by atoms with Gasteiger partial charge in [0.2, 0.25) is 0 Å². The van der Waals surface area contributed by atoms with Crippen LogP contribution in [0.25, 0.3) is 0 Å². The SMILES string of the molecule is CCCCN(C)C(=NC)NCC(CC)c1ccccc1. The zero-order valence-electron chi connectivity index (χ0n) is 13.4. The Labute approximate surface area is 124 Å². The van der Waals surface area contributed by atoms with Crippen molar-refractivity contribution in [2.45, 2.75) is 39.0 Å². The largest absolute Gasteiger partial charge is 0.356 e. The number of hydrogen-bond acceptors (Lipinski definition) is 1. The van der Waals surface area contributed by atoms with E-state index < -0.39 is 0 Å². The summed E-state index contributed by atoms with van der Waals surface area (Å²) in [5.74, 6) is 1.53. The van der Waals surface area contributed by atoms with Crippen molar-refractivity contribution in [3.8, 4) is 0 Å². The second-order valence-corrected chi connectivity index (χ2v) is 5.22. The van der Waals surface area contributed by atoms with Gasteiger partial charge in [-0.25, -0.2) is 0 Å². The fourth-order valence-electron chi connectivity index (χ4n) is 2.32. The molecule has 1 N–H and O–H groups in total. The Bertz CT molecular complexity index is 386. The average molecular weight is 275 g/mol. The normalized spacial score (nSPS) is 13.1. The van der Waals surface area contributed by atoms with E-state index in [1.165, 1.54) is 18.4 Å². The number of nitrogens with one attached hydrogen (secondary N) is 1. The molecule has 0 saturated heterocycles. The molecular weight excluding hydrogens is 246 g/mol. The Balaban J connectivity index is 2.54. The van der Waals surface area contributed by atoms with E-state index in [1.54, 1.807) is 0 Å².